The van der Waals surface area contributed by atoms with Gasteiger partial charge in [-0.05, 0) is 30.7 Å². The van der Waals surface area contributed by atoms with Gasteiger partial charge in [0.15, 0.2) is 9.84 Å². The van der Waals surface area contributed by atoms with Gasteiger partial charge in [-0.15, -0.1) is 11.8 Å². The number of ether oxygens (including phenoxy) is 1. The number of hydrogen-bond donors (Lipinski definition) is 0. The lowest BCUT2D eigenvalue weighted by Crippen LogP contribution is -2.04. The van der Waals surface area contributed by atoms with Crippen molar-refractivity contribution in [2.75, 3.05) is 19.1 Å². The Bertz CT molecular complexity index is 586. The summed E-state index contributed by atoms with van der Waals surface area (Å²) in [5.74, 6) is 0.330. The third kappa shape index (κ3) is 5.02. The summed E-state index contributed by atoms with van der Waals surface area (Å²) in [6.07, 6.45) is 3.64. The summed E-state index contributed by atoms with van der Waals surface area (Å²) in [5.41, 5.74) is 0.646. The summed E-state index contributed by atoms with van der Waals surface area (Å²) in [4.78, 5) is 12.6. The number of hydrogen-bond acceptors (Lipinski definition) is 5. The molecule has 0 radical (unpaired) electrons. The van der Waals surface area contributed by atoms with Crippen LogP contribution in [0.2, 0.25) is 0 Å². The van der Waals surface area contributed by atoms with Crippen LogP contribution in [0.25, 0.3) is 0 Å². The molecule has 0 bridgehead atoms. The molecule has 110 valence electrons. The van der Waals surface area contributed by atoms with Gasteiger partial charge in [0.05, 0.1) is 12.0 Å². The third-order valence-electron chi connectivity index (χ3n) is 2.66. The maximum Gasteiger partial charge on any atom is 0.333 e. The number of methoxy groups -OCH3 is 1. The van der Waals surface area contributed by atoms with Gasteiger partial charge in [0, 0.05) is 22.5 Å². The second-order valence-electron chi connectivity index (χ2n) is 4.13. The molecule has 6 heteroatoms. The molecule has 20 heavy (non-hydrogen) atoms. The van der Waals surface area contributed by atoms with Crippen LogP contribution in [0.1, 0.15) is 13.3 Å². The maximum absolute atomic E-state index is 11.4. The van der Waals surface area contributed by atoms with Crippen LogP contribution >= 0.6 is 11.8 Å². The zero-order valence-corrected chi connectivity index (χ0v) is 13.4. The van der Waals surface area contributed by atoms with E-state index in [1.54, 1.807) is 24.3 Å². The lowest BCUT2D eigenvalue weighted by Gasteiger charge is -2.03. The molecule has 0 aliphatic carbocycles. The largest absolute Gasteiger partial charge is 0.466 e. The van der Waals surface area contributed by atoms with Gasteiger partial charge in [0.25, 0.3) is 0 Å². The van der Waals surface area contributed by atoms with Gasteiger partial charge in [-0.25, -0.2) is 13.2 Å². The Morgan fingerprint density at radius 2 is 1.90 bits per heavy atom. The van der Waals surface area contributed by atoms with Crippen LogP contribution in [0.5, 0.6) is 0 Å². The summed E-state index contributed by atoms with van der Waals surface area (Å²) >= 11 is 1.53. The van der Waals surface area contributed by atoms with Crippen molar-refractivity contribution in [2.24, 2.45) is 0 Å². The molecule has 0 amide bonds. The topological polar surface area (TPSA) is 60.4 Å². The lowest BCUT2D eigenvalue weighted by molar-refractivity contribution is -0.136. The Hall–Kier alpha value is -1.27. The van der Waals surface area contributed by atoms with Crippen molar-refractivity contribution in [3.63, 3.8) is 0 Å². The molecule has 1 aromatic carbocycles. The number of benzene rings is 1. The Labute approximate surface area is 124 Å². The van der Waals surface area contributed by atoms with Gasteiger partial charge in [-0.3, -0.25) is 0 Å². The van der Waals surface area contributed by atoms with E-state index in [9.17, 15) is 13.2 Å². The molecule has 0 unspecified atom stereocenters. The molecule has 0 N–H and O–H groups in total. The summed E-state index contributed by atoms with van der Waals surface area (Å²) in [6, 6.07) is 6.70. The van der Waals surface area contributed by atoms with Crippen molar-refractivity contribution in [3.8, 4) is 0 Å². The molecular weight excluding hydrogens is 296 g/mol. The zero-order valence-electron chi connectivity index (χ0n) is 11.8. The molecule has 0 saturated heterocycles. The van der Waals surface area contributed by atoms with Crippen LogP contribution in [0.3, 0.4) is 0 Å². The first-order valence-electron chi connectivity index (χ1n) is 6.08. The molecule has 0 aliphatic rings. The van der Waals surface area contributed by atoms with Crippen molar-refractivity contribution in [2.45, 2.75) is 23.1 Å². The van der Waals surface area contributed by atoms with E-state index in [-0.39, 0.29) is 5.97 Å². The van der Waals surface area contributed by atoms with E-state index < -0.39 is 9.84 Å². The summed E-state index contributed by atoms with van der Waals surface area (Å²) in [7, 11) is -1.79. The second-order valence-corrected chi connectivity index (χ2v) is 7.24. The van der Waals surface area contributed by atoms with Crippen LogP contribution < -0.4 is 0 Å². The Kier molecular flexibility index (Phi) is 6.29. The Morgan fingerprint density at radius 3 is 2.35 bits per heavy atom. The predicted molar refractivity (Wildman–Crippen MR) is 80.7 cm³/mol. The number of carbonyl (C=O) groups is 1. The summed E-state index contributed by atoms with van der Waals surface area (Å²) in [5, 5.41) is 0. The molecule has 0 fully saturated rings. The summed E-state index contributed by atoms with van der Waals surface area (Å²) in [6.45, 7) is 1.90. The zero-order chi connectivity index (χ0) is 15.2. The smallest absolute Gasteiger partial charge is 0.333 e. The van der Waals surface area contributed by atoms with E-state index >= 15 is 0 Å². The fourth-order valence-corrected chi connectivity index (χ4v) is 2.96. The molecule has 0 saturated carbocycles. The van der Waals surface area contributed by atoms with Gasteiger partial charge < -0.3 is 4.74 Å². The molecule has 1 rings (SSSR count). The highest BCUT2D eigenvalue weighted by molar-refractivity contribution is 7.99. The molecule has 0 heterocycles. The van der Waals surface area contributed by atoms with Crippen LogP contribution in [0.4, 0.5) is 0 Å². The van der Waals surface area contributed by atoms with Crippen LogP contribution in [-0.4, -0.2) is 33.5 Å². The maximum atomic E-state index is 11.4. The monoisotopic (exact) mass is 314 g/mol. The fraction of sp³-hybridized carbons (Fsp3) is 0.357. The highest BCUT2D eigenvalue weighted by Gasteiger charge is 2.07. The Balaban J connectivity index is 2.67. The standard InChI is InChI=1S/C14H18O4S2/c1-4-11(14(15)18-2)9-10-19-12-5-7-13(8-6-12)20(3,16)17/h5-9H,4,10H2,1-3H3. The summed E-state index contributed by atoms with van der Waals surface area (Å²) < 4.78 is 27.3. The molecule has 1 aromatic rings. The average Bonchev–Trinajstić information content (AvgIpc) is 2.42. The van der Waals surface area contributed by atoms with Gasteiger partial charge in [-0.1, -0.05) is 13.0 Å². The predicted octanol–water partition coefficient (Wildman–Crippen LogP) is 2.69. The number of thioether (sulfide) groups is 1. The van der Waals surface area contributed by atoms with E-state index in [1.165, 1.54) is 25.1 Å². The van der Waals surface area contributed by atoms with Gasteiger partial charge in [0.1, 0.15) is 0 Å². The highest BCUT2D eigenvalue weighted by atomic mass is 32.2. The van der Waals surface area contributed by atoms with E-state index in [4.69, 9.17) is 0 Å². The Morgan fingerprint density at radius 1 is 1.30 bits per heavy atom. The quantitative estimate of drug-likeness (QED) is 0.459. The molecule has 0 aromatic heterocycles. The average molecular weight is 314 g/mol. The van der Waals surface area contributed by atoms with E-state index in [0.717, 1.165) is 4.90 Å². The van der Waals surface area contributed by atoms with E-state index in [0.29, 0.717) is 22.6 Å². The number of esters is 1. The second kappa shape index (κ2) is 7.50. The minimum atomic E-state index is -3.15. The number of carbonyl (C=O) groups excluding carboxylic acids is 1. The third-order valence-corrected chi connectivity index (χ3v) is 4.73. The number of rotatable bonds is 6. The first kappa shape index (κ1) is 16.8. The molecule has 0 aliphatic heterocycles. The van der Waals surface area contributed by atoms with Gasteiger partial charge in [0.2, 0.25) is 0 Å². The normalized spacial score (nSPS) is 12.2. The van der Waals surface area contributed by atoms with Crippen molar-refractivity contribution < 1.29 is 17.9 Å². The molecule has 4 nitrogen and oxygen atoms in total. The van der Waals surface area contributed by atoms with Crippen LogP contribution in [0, 0.1) is 0 Å². The van der Waals surface area contributed by atoms with Crippen molar-refractivity contribution in [1.82, 2.24) is 0 Å². The van der Waals surface area contributed by atoms with Crippen molar-refractivity contribution in [1.29, 1.82) is 0 Å². The molecule has 0 atom stereocenters. The minimum absolute atomic E-state index is 0.305. The fourth-order valence-electron chi connectivity index (χ4n) is 1.52. The van der Waals surface area contributed by atoms with Gasteiger partial charge >= 0.3 is 5.97 Å². The van der Waals surface area contributed by atoms with E-state index in [2.05, 4.69) is 4.74 Å². The first-order chi connectivity index (χ1) is 9.38. The lowest BCUT2D eigenvalue weighted by atomic mass is 10.2. The van der Waals surface area contributed by atoms with Crippen molar-refractivity contribution in [3.05, 3.63) is 35.9 Å². The van der Waals surface area contributed by atoms with Crippen LogP contribution in [0.15, 0.2) is 45.7 Å². The van der Waals surface area contributed by atoms with E-state index in [1.807, 2.05) is 13.0 Å². The SMILES string of the molecule is CCC(=CCSc1ccc(S(C)(=O)=O)cc1)C(=O)OC. The highest BCUT2D eigenvalue weighted by Crippen LogP contribution is 2.21. The minimum Gasteiger partial charge on any atom is -0.466 e. The number of sulfone groups is 1. The van der Waals surface area contributed by atoms with Crippen LogP contribution in [-0.2, 0) is 19.4 Å². The first-order valence-corrected chi connectivity index (χ1v) is 8.96. The van der Waals surface area contributed by atoms with Gasteiger partial charge in [-0.2, -0.15) is 0 Å². The molecular formula is C14H18O4S2. The molecule has 0 spiro atoms. The van der Waals surface area contributed by atoms with Crippen molar-refractivity contribution >= 4 is 27.6 Å².